The largest absolute Gasteiger partial charge is 0.493 e. The Labute approximate surface area is 222 Å². The number of halogens is 3. The van der Waals surface area contributed by atoms with Crippen molar-refractivity contribution in [3.63, 3.8) is 0 Å². The summed E-state index contributed by atoms with van der Waals surface area (Å²) in [5.41, 5.74) is 4.82. The van der Waals surface area contributed by atoms with Crippen LogP contribution in [0.15, 0.2) is 73.1 Å². The van der Waals surface area contributed by atoms with Gasteiger partial charge < -0.3 is 13.9 Å². The molecule has 1 heterocycles. The van der Waals surface area contributed by atoms with Crippen LogP contribution >= 0.6 is 43.5 Å². The monoisotopic (exact) mass is 615 g/mol. The summed E-state index contributed by atoms with van der Waals surface area (Å²) in [7, 11) is 1.49. The van der Waals surface area contributed by atoms with Gasteiger partial charge in [-0.1, -0.05) is 45.7 Å². The number of hydrazone groups is 1. The number of hydrogen-bond acceptors (Lipinski definition) is 6. The maximum Gasteiger partial charge on any atom is 0.307 e. The van der Waals surface area contributed by atoms with Crippen molar-refractivity contribution in [1.82, 2.24) is 5.43 Å². The molecule has 0 saturated carbocycles. The van der Waals surface area contributed by atoms with E-state index >= 15 is 0 Å². The fourth-order valence-corrected chi connectivity index (χ4v) is 4.88. The molecule has 0 radical (unpaired) electrons. The summed E-state index contributed by atoms with van der Waals surface area (Å²) in [6.45, 7) is 0.146. The highest BCUT2D eigenvalue weighted by Gasteiger charge is 2.15. The van der Waals surface area contributed by atoms with E-state index in [9.17, 15) is 10.1 Å². The zero-order chi connectivity index (χ0) is 24.9. The topological polar surface area (TPSA) is 96.8 Å². The number of carbonyl (C=O) groups excluding carboxylic acids is 1. The molecule has 0 spiro atoms. The molecule has 1 aromatic heterocycles. The van der Waals surface area contributed by atoms with Gasteiger partial charge in [-0.2, -0.15) is 10.4 Å². The SMILES string of the molecule is COc1cc(/C=N\NC(=O)c2cc3cc(Br)cc(Br)c3o2)cc(Cl)c1OCc1ccccc1C#N. The van der Waals surface area contributed by atoms with Gasteiger partial charge in [0.15, 0.2) is 17.3 Å². The first kappa shape index (κ1) is 24.8. The normalized spacial score (nSPS) is 10.9. The first-order valence-corrected chi connectivity index (χ1v) is 12.1. The average Bonchev–Trinajstić information content (AvgIpc) is 3.28. The lowest BCUT2D eigenvalue weighted by Crippen LogP contribution is -2.16. The lowest BCUT2D eigenvalue weighted by Gasteiger charge is -2.14. The van der Waals surface area contributed by atoms with E-state index in [1.165, 1.54) is 13.3 Å². The van der Waals surface area contributed by atoms with Gasteiger partial charge in [-0.25, -0.2) is 5.43 Å². The van der Waals surface area contributed by atoms with E-state index in [2.05, 4.69) is 48.5 Å². The van der Waals surface area contributed by atoms with Crippen LogP contribution < -0.4 is 14.9 Å². The maximum atomic E-state index is 12.5. The van der Waals surface area contributed by atoms with Crippen molar-refractivity contribution in [1.29, 1.82) is 5.26 Å². The van der Waals surface area contributed by atoms with Crippen LogP contribution in [-0.2, 0) is 6.61 Å². The molecule has 176 valence electrons. The zero-order valence-electron chi connectivity index (χ0n) is 18.1. The van der Waals surface area contributed by atoms with Gasteiger partial charge in [-0.05, 0) is 57.9 Å². The van der Waals surface area contributed by atoms with E-state index in [1.54, 1.807) is 30.3 Å². The number of carbonyl (C=O) groups is 1. The molecule has 10 heteroatoms. The predicted octanol–water partition coefficient (Wildman–Crippen LogP) is 6.83. The van der Waals surface area contributed by atoms with E-state index in [0.29, 0.717) is 33.2 Å². The zero-order valence-corrected chi connectivity index (χ0v) is 22.1. The Morgan fingerprint density at radius 2 is 2.03 bits per heavy atom. The second kappa shape index (κ2) is 11.0. The number of rotatable bonds is 7. The molecular weight excluding hydrogens is 602 g/mol. The number of ether oxygens (including phenoxy) is 2. The van der Waals surface area contributed by atoms with Gasteiger partial charge in [0.05, 0.1) is 34.5 Å². The Morgan fingerprint density at radius 3 is 2.80 bits per heavy atom. The first-order valence-electron chi connectivity index (χ1n) is 10.1. The van der Waals surface area contributed by atoms with Crippen molar-refractivity contribution in [2.75, 3.05) is 7.11 Å². The molecule has 1 N–H and O–H groups in total. The number of hydrogen-bond donors (Lipinski definition) is 1. The summed E-state index contributed by atoms with van der Waals surface area (Å²) in [5, 5.41) is 14.3. The Hall–Kier alpha value is -3.32. The van der Waals surface area contributed by atoms with Gasteiger partial charge >= 0.3 is 5.91 Å². The summed E-state index contributed by atoms with van der Waals surface area (Å²) in [6.07, 6.45) is 1.43. The van der Waals surface area contributed by atoms with Crippen molar-refractivity contribution in [2.24, 2.45) is 5.10 Å². The van der Waals surface area contributed by atoms with Crippen molar-refractivity contribution in [3.05, 3.63) is 91.0 Å². The third-order valence-electron chi connectivity index (χ3n) is 4.90. The number of methoxy groups -OCH3 is 1. The van der Waals surface area contributed by atoms with Crippen molar-refractivity contribution in [2.45, 2.75) is 6.61 Å². The number of benzene rings is 3. The molecule has 0 bridgehead atoms. The van der Waals surface area contributed by atoms with Gasteiger partial charge in [-0.3, -0.25) is 4.79 Å². The number of nitrogens with zero attached hydrogens (tertiary/aromatic N) is 2. The second-order valence-electron chi connectivity index (χ2n) is 7.21. The minimum atomic E-state index is -0.505. The molecule has 0 unspecified atom stereocenters. The Bertz CT molecular complexity index is 1490. The molecule has 1 amide bonds. The number of furan rings is 1. The summed E-state index contributed by atoms with van der Waals surface area (Å²) in [5.74, 6) is 0.331. The molecule has 7 nitrogen and oxygen atoms in total. The van der Waals surface area contributed by atoms with Crippen molar-refractivity contribution in [3.8, 4) is 17.6 Å². The van der Waals surface area contributed by atoms with E-state index < -0.39 is 5.91 Å². The lowest BCUT2D eigenvalue weighted by atomic mass is 10.1. The van der Waals surface area contributed by atoms with Crippen LogP contribution in [0.25, 0.3) is 11.0 Å². The predicted molar refractivity (Wildman–Crippen MR) is 140 cm³/mol. The molecule has 0 aliphatic rings. The number of nitriles is 1. The van der Waals surface area contributed by atoms with E-state index in [4.69, 9.17) is 25.5 Å². The fourth-order valence-electron chi connectivity index (χ4n) is 3.27. The minimum Gasteiger partial charge on any atom is -0.493 e. The van der Waals surface area contributed by atoms with Crippen LogP contribution in [-0.4, -0.2) is 19.2 Å². The molecule has 4 aromatic rings. The Morgan fingerprint density at radius 1 is 1.23 bits per heavy atom. The molecule has 0 fully saturated rings. The Kier molecular flexibility index (Phi) is 7.76. The van der Waals surface area contributed by atoms with Crippen LogP contribution in [0.4, 0.5) is 0 Å². The summed E-state index contributed by atoms with van der Waals surface area (Å²) >= 11 is 13.2. The minimum absolute atomic E-state index is 0.118. The summed E-state index contributed by atoms with van der Waals surface area (Å²) in [4.78, 5) is 12.5. The van der Waals surface area contributed by atoms with Crippen LogP contribution in [0.5, 0.6) is 11.5 Å². The third kappa shape index (κ3) is 5.68. The highest BCUT2D eigenvalue weighted by Crippen LogP contribution is 2.37. The molecule has 4 rings (SSSR count). The molecule has 35 heavy (non-hydrogen) atoms. The lowest BCUT2D eigenvalue weighted by molar-refractivity contribution is 0.0929. The molecule has 0 aliphatic carbocycles. The van der Waals surface area contributed by atoms with Crippen LogP contribution in [0.3, 0.4) is 0 Å². The first-order chi connectivity index (χ1) is 16.9. The number of fused-ring (bicyclic) bond motifs is 1. The average molecular weight is 618 g/mol. The van der Waals surface area contributed by atoms with Gasteiger partial charge in [0, 0.05) is 15.4 Å². The quantitative estimate of drug-likeness (QED) is 0.181. The van der Waals surface area contributed by atoms with Crippen molar-refractivity contribution < 1.29 is 18.7 Å². The smallest absolute Gasteiger partial charge is 0.307 e. The van der Waals surface area contributed by atoms with Gasteiger partial charge in [0.25, 0.3) is 0 Å². The van der Waals surface area contributed by atoms with Crippen LogP contribution in [0.2, 0.25) is 5.02 Å². The van der Waals surface area contributed by atoms with E-state index in [-0.39, 0.29) is 12.4 Å². The third-order valence-corrected chi connectivity index (χ3v) is 6.23. The Balaban J connectivity index is 1.47. The van der Waals surface area contributed by atoms with Crippen LogP contribution in [0, 0.1) is 11.3 Å². The molecule has 0 saturated heterocycles. The summed E-state index contributed by atoms with van der Waals surface area (Å²) < 4.78 is 18.5. The standard InChI is InChI=1S/C25H16Br2ClN3O4/c1-33-21-7-14(6-20(28)24(21)34-13-16-5-3-2-4-15(16)11-29)12-30-31-25(32)22-9-17-8-18(26)10-19(27)23(17)35-22/h2-10,12H,13H2,1H3,(H,31,32)/b30-12-. The van der Waals surface area contributed by atoms with Gasteiger partial charge in [0.1, 0.15) is 12.2 Å². The van der Waals surface area contributed by atoms with Gasteiger partial charge in [-0.15, -0.1) is 0 Å². The van der Waals surface area contributed by atoms with E-state index in [1.807, 2.05) is 24.3 Å². The highest BCUT2D eigenvalue weighted by atomic mass is 79.9. The number of nitrogens with one attached hydrogen (secondary N) is 1. The summed E-state index contributed by atoms with van der Waals surface area (Å²) in [6, 6.07) is 17.9. The molecular formula is C25H16Br2ClN3O4. The van der Waals surface area contributed by atoms with Gasteiger partial charge in [0.2, 0.25) is 0 Å². The maximum absolute atomic E-state index is 12.5. The van der Waals surface area contributed by atoms with Crippen LogP contribution in [0.1, 0.15) is 27.2 Å². The second-order valence-corrected chi connectivity index (χ2v) is 9.38. The molecule has 0 aliphatic heterocycles. The van der Waals surface area contributed by atoms with Crippen molar-refractivity contribution >= 4 is 66.6 Å². The molecule has 3 aromatic carbocycles. The van der Waals surface area contributed by atoms with E-state index in [0.717, 1.165) is 19.9 Å². The fraction of sp³-hybridized carbons (Fsp3) is 0.0800. The number of amides is 1. The molecule has 0 atom stereocenters. The highest BCUT2D eigenvalue weighted by molar-refractivity contribution is 9.11.